The molecule has 0 saturated heterocycles. The highest BCUT2D eigenvalue weighted by Gasteiger charge is 1.83. The number of para-hydroxylation sites is 1. The number of aliphatic imine (C=N–C) groups is 1. The molecule has 0 aliphatic carbocycles. The Morgan fingerprint density at radius 2 is 1.50 bits per heavy atom. The lowest BCUT2D eigenvalue weighted by Gasteiger charge is -1.91. The van der Waals surface area contributed by atoms with Gasteiger partial charge in [0.2, 0.25) is 0 Å². The van der Waals surface area contributed by atoms with Crippen molar-refractivity contribution in [3.63, 3.8) is 0 Å². The lowest BCUT2D eigenvalue weighted by atomic mass is 10.3. The highest BCUT2D eigenvalue weighted by molar-refractivity contribution is 7.42. The van der Waals surface area contributed by atoms with Crippen LogP contribution >= 0.6 is 7.80 Å². The van der Waals surface area contributed by atoms with E-state index in [4.69, 9.17) is 11.5 Å². The summed E-state index contributed by atoms with van der Waals surface area (Å²) in [5, 5.41) is 0. The minimum Gasteiger partial charge on any atom is -0.370 e. The van der Waals surface area contributed by atoms with Crippen molar-refractivity contribution in [1.82, 2.24) is 0 Å². The summed E-state index contributed by atoms with van der Waals surface area (Å²) >= 11 is 0. The lowest BCUT2D eigenvalue weighted by Crippen LogP contribution is -2.21. The van der Waals surface area contributed by atoms with Crippen LogP contribution in [0.1, 0.15) is 13.8 Å². The molecule has 0 fully saturated rings. The van der Waals surface area contributed by atoms with E-state index in [2.05, 4.69) is 4.99 Å². The number of benzene rings is 1. The summed E-state index contributed by atoms with van der Waals surface area (Å²) in [5.74, 6) is 0.0891. The molecule has 1 rings (SSSR count). The summed E-state index contributed by atoms with van der Waals surface area (Å²) in [4.78, 5) is 3.83. The molecule has 16 heavy (non-hydrogen) atoms. The van der Waals surface area contributed by atoms with Gasteiger partial charge >= 0.3 is 7.80 Å². The Balaban J connectivity index is 0. The molecule has 0 aliphatic rings. The van der Waals surface area contributed by atoms with E-state index < -0.39 is 7.80 Å². The maximum absolute atomic E-state index is 9.59. The lowest BCUT2D eigenvalue weighted by molar-refractivity contribution is 0.594. The van der Waals surface area contributed by atoms with Crippen LogP contribution in [0.25, 0.3) is 0 Å². The van der Waals surface area contributed by atoms with Crippen LogP contribution < -0.4 is 11.5 Å². The largest absolute Gasteiger partial charge is 0.370 e. The van der Waals surface area contributed by atoms with E-state index in [1.165, 1.54) is 0 Å². The fraction of sp³-hybridized carbons (Fsp3) is 0.364. The molecular weight excluding hydrogens is 221 g/mol. The van der Waals surface area contributed by atoms with Crippen molar-refractivity contribution in [2.75, 3.05) is 13.3 Å². The minimum atomic E-state index is -0.870. The minimum absolute atomic E-state index is 0.0891. The van der Waals surface area contributed by atoms with Crippen molar-refractivity contribution in [1.29, 1.82) is 0 Å². The smallest absolute Gasteiger partial charge is 0.332 e. The molecule has 0 amide bonds. The number of rotatable bonds is 1. The Hall–Kier alpha value is -1.41. The summed E-state index contributed by atoms with van der Waals surface area (Å²) in [5.41, 5.74) is 11.1. The van der Waals surface area contributed by atoms with Gasteiger partial charge in [0, 0.05) is 0 Å². The fourth-order valence-corrected chi connectivity index (χ4v) is 0.652. The summed E-state index contributed by atoms with van der Waals surface area (Å²) < 4.78 is 9.59. The molecule has 0 saturated carbocycles. The first-order chi connectivity index (χ1) is 7.52. The predicted octanol–water partition coefficient (Wildman–Crippen LogP) is 2.69. The number of hydrogen-bond donors (Lipinski definition) is 2. The Bertz CT molecular complexity index is 304. The number of nitrogens with zero attached hydrogens (tertiary/aromatic N) is 1. The first kappa shape index (κ1) is 17.0. The maximum atomic E-state index is 9.59. The summed E-state index contributed by atoms with van der Waals surface area (Å²) in [6.07, 6.45) is 0. The van der Waals surface area contributed by atoms with Gasteiger partial charge in [-0.25, -0.2) is 4.99 Å². The summed E-state index contributed by atoms with van der Waals surface area (Å²) in [6.45, 7) is 7.35. The Labute approximate surface area is 98.5 Å². The van der Waals surface area contributed by atoms with Crippen molar-refractivity contribution in [2.24, 2.45) is 16.5 Å². The van der Waals surface area contributed by atoms with E-state index in [0.717, 1.165) is 5.69 Å². The molecule has 5 heteroatoms. The van der Waals surface area contributed by atoms with Crippen molar-refractivity contribution in [2.45, 2.75) is 13.8 Å². The first-order valence-corrected chi connectivity index (χ1v) is 7.17. The number of guanidine groups is 1. The number of nitrogens with two attached hydrogens (primary N) is 2. The van der Waals surface area contributed by atoms with Crippen molar-refractivity contribution in [3.8, 4) is 0 Å². The second-order valence-electron chi connectivity index (χ2n) is 2.68. The third-order valence-corrected chi connectivity index (χ3v) is 1.01. The van der Waals surface area contributed by atoms with Gasteiger partial charge in [-0.05, 0) is 12.1 Å². The van der Waals surface area contributed by atoms with Crippen LogP contribution in [0, 0.1) is 0 Å². The van der Waals surface area contributed by atoms with Gasteiger partial charge in [-0.1, -0.05) is 36.6 Å². The average molecular weight is 242 g/mol. The molecule has 4 N–H and O–H groups in total. The average Bonchev–Trinajstić information content (AvgIpc) is 2.20. The fourth-order valence-electron chi connectivity index (χ4n) is 0.652. The van der Waals surface area contributed by atoms with E-state index in [0.29, 0.717) is 0 Å². The quantitative estimate of drug-likeness (QED) is 0.451. The van der Waals surface area contributed by atoms with Gasteiger partial charge in [0.05, 0.1) is 5.69 Å². The molecule has 0 bridgehead atoms. The van der Waals surface area contributed by atoms with Crippen LogP contribution in [0.15, 0.2) is 35.3 Å². The van der Waals surface area contributed by atoms with Crippen LogP contribution in [-0.2, 0) is 4.57 Å². The van der Waals surface area contributed by atoms with E-state index in [-0.39, 0.29) is 5.96 Å². The summed E-state index contributed by atoms with van der Waals surface area (Å²) in [7, 11) is -0.870. The molecule has 0 atom stereocenters. The van der Waals surface area contributed by atoms with Gasteiger partial charge in [0.25, 0.3) is 0 Å². The second-order valence-corrected chi connectivity index (χ2v) is 4.31. The standard InChI is InChI=1S/C7H9N3.C2H6OP.C2H6/c8-7(9)10-6-4-2-1-3-5-6;1-4(2)3;1-2/h1-5H,(H4,8,9,10);1-2H3;1-2H3/q;+1;. The highest BCUT2D eigenvalue weighted by Crippen LogP contribution is 2.07. The molecule has 0 heterocycles. The van der Waals surface area contributed by atoms with E-state index >= 15 is 0 Å². The van der Waals surface area contributed by atoms with Gasteiger partial charge in [0.15, 0.2) is 5.96 Å². The van der Waals surface area contributed by atoms with E-state index in [9.17, 15) is 4.57 Å². The van der Waals surface area contributed by atoms with Crippen molar-refractivity contribution in [3.05, 3.63) is 30.3 Å². The molecule has 1 aromatic rings. The monoisotopic (exact) mass is 242 g/mol. The van der Waals surface area contributed by atoms with Gasteiger partial charge in [-0.3, -0.25) is 0 Å². The van der Waals surface area contributed by atoms with Crippen LogP contribution in [0.5, 0.6) is 0 Å². The topological polar surface area (TPSA) is 81.5 Å². The van der Waals surface area contributed by atoms with Crippen LogP contribution in [0.3, 0.4) is 0 Å². The molecule has 0 aliphatic heterocycles. The Morgan fingerprint density at radius 1 is 1.12 bits per heavy atom. The van der Waals surface area contributed by atoms with E-state index in [1.807, 2.05) is 44.2 Å². The maximum Gasteiger partial charge on any atom is 0.332 e. The van der Waals surface area contributed by atoms with Gasteiger partial charge in [-0.2, -0.15) is 0 Å². The van der Waals surface area contributed by atoms with E-state index in [1.54, 1.807) is 13.3 Å². The third-order valence-electron chi connectivity index (χ3n) is 1.01. The van der Waals surface area contributed by atoms with Crippen LogP contribution in [0.4, 0.5) is 5.69 Å². The van der Waals surface area contributed by atoms with Crippen molar-refractivity contribution >= 4 is 19.4 Å². The summed E-state index contributed by atoms with van der Waals surface area (Å²) in [6, 6.07) is 9.33. The molecule has 0 radical (unpaired) electrons. The van der Waals surface area contributed by atoms with Crippen molar-refractivity contribution < 1.29 is 4.57 Å². The predicted molar refractivity (Wildman–Crippen MR) is 72.7 cm³/mol. The first-order valence-electron chi connectivity index (χ1n) is 5.01. The molecule has 1 aromatic carbocycles. The van der Waals surface area contributed by atoms with Gasteiger partial charge in [0.1, 0.15) is 13.3 Å². The number of hydrogen-bond acceptors (Lipinski definition) is 2. The molecule has 0 unspecified atom stereocenters. The Kier molecular flexibility index (Phi) is 12.4. The zero-order chi connectivity index (χ0) is 13.0. The molecular formula is C11H21N3OP+. The molecule has 0 spiro atoms. The zero-order valence-corrected chi connectivity index (χ0v) is 11.2. The highest BCUT2D eigenvalue weighted by atomic mass is 31.1. The zero-order valence-electron chi connectivity index (χ0n) is 10.3. The van der Waals surface area contributed by atoms with Gasteiger partial charge in [-0.15, -0.1) is 0 Å². The SMILES string of the molecule is CC.C[P+](C)=O.NC(N)=Nc1ccccc1. The Morgan fingerprint density at radius 3 is 1.81 bits per heavy atom. The van der Waals surface area contributed by atoms with Gasteiger partial charge < -0.3 is 11.5 Å². The van der Waals surface area contributed by atoms with Crippen LogP contribution in [0.2, 0.25) is 0 Å². The normalized spacial score (nSPS) is 7.50. The van der Waals surface area contributed by atoms with Crippen LogP contribution in [-0.4, -0.2) is 19.3 Å². The second kappa shape index (κ2) is 11.7. The third kappa shape index (κ3) is 15.1. The molecule has 90 valence electrons. The molecule has 4 nitrogen and oxygen atoms in total. The molecule has 0 aromatic heterocycles.